The summed E-state index contributed by atoms with van der Waals surface area (Å²) >= 11 is 5.22. The van der Waals surface area contributed by atoms with Crippen LogP contribution in [-0.2, 0) is 0 Å². The van der Waals surface area contributed by atoms with Gasteiger partial charge in [-0.3, -0.25) is 9.97 Å². The lowest BCUT2D eigenvalue weighted by molar-refractivity contribution is 1.15. The lowest BCUT2D eigenvalue weighted by Crippen LogP contribution is -1.93. The molecule has 0 aliphatic rings. The van der Waals surface area contributed by atoms with Crippen molar-refractivity contribution in [2.75, 3.05) is 0 Å². The summed E-state index contributed by atoms with van der Waals surface area (Å²) in [5.74, 6) is 0.715. The Balaban J connectivity index is 2.15. The summed E-state index contributed by atoms with van der Waals surface area (Å²) in [6, 6.07) is 9.50. The summed E-state index contributed by atoms with van der Waals surface area (Å²) < 4.78 is 0.546. The van der Waals surface area contributed by atoms with Crippen LogP contribution in [0.4, 0.5) is 0 Å². The topological polar surface area (TPSA) is 54.5 Å². The van der Waals surface area contributed by atoms with Gasteiger partial charge in [-0.05, 0) is 30.3 Å². The first-order chi connectivity index (χ1) is 9.33. The van der Waals surface area contributed by atoms with Crippen molar-refractivity contribution in [2.24, 2.45) is 0 Å². The van der Waals surface area contributed by atoms with Gasteiger partial charge in [0, 0.05) is 35.9 Å². The largest absolute Gasteiger partial charge is 0.339 e. The van der Waals surface area contributed by atoms with Gasteiger partial charge >= 0.3 is 0 Å². The first-order valence-electron chi connectivity index (χ1n) is 5.75. The Kier molecular flexibility index (Phi) is 3.12. The Morgan fingerprint density at radius 1 is 0.947 bits per heavy atom. The van der Waals surface area contributed by atoms with E-state index in [4.69, 9.17) is 12.2 Å². The molecule has 3 aromatic heterocycles. The number of hydrogen-bond donors (Lipinski definition) is 1. The molecule has 4 nitrogen and oxygen atoms in total. The van der Waals surface area contributed by atoms with Gasteiger partial charge in [-0.25, -0.2) is 4.98 Å². The zero-order chi connectivity index (χ0) is 13.1. The molecule has 0 spiro atoms. The highest BCUT2D eigenvalue weighted by atomic mass is 32.1. The summed E-state index contributed by atoms with van der Waals surface area (Å²) in [5, 5.41) is 0. The van der Waals surface area contributed by atoms with Crippen LogP contribution in [0.1, 0.15) is 0 Å². The van der Waals surface area contributed by atoms with E-state index < -0.39 is 0 Å². The molecular formula is C14H10N4S. The van der Waals surface area contributed by atoms with E-state index in [1.807, 2.05) is 30.3 Å². The normalized spacial score (nSPS) is 10.3. The standard InChI is InChI=1S/C14H10N4S/c19-13-8-12(10-3-6-15-7-4-10)17-14(18-13)11-2-1-5-16-9-11/h1-9H,(H,17,18,19). The molecule has 0 unspecified atom stereocenters. The molecule has 19 heavy (non-hydrogen) atoms. The maximum Gasteiger partial charge on any atom is 0.140 e. The molecule has 0 aliphatic carbocycles. The highest BCUT2D eigenvalue weighted by Gasteiger charge is 2.04. The summed E-state index contributed by atoms with van der Waals surface area (Å²) in [6.07, 6.45) is 6.97. The second kappa shape index (κ2) is 5.07. The van der Waals surface area contributed by atoms with E-state index >= 15 is 0 Å². The van der Waals surface area contributed by atoms with E-state index in [2.05, 4.69) is 19.9 Å². The maximum atomic E-state index is 5.22. The van der Waals surface area contributed by atoms with Crippen LogP contribution in [0, 0.1) is 4.64 Å². The first kappa shape index (κ1) is 11.7. The van der Waals surface area contributed by atoms with Crippen molar-refractivity contribution < 1.29 is 0 Å². The van der Waals surface area contributed by atoms with Crippen LogP contribution in [-0.4, -0.2) is 19.9 Å². The molecule has 92 valence electrons. The van der Waals surface area contributed by atoms with Crippen molar-refractivity contribution in [3.05, 3.63) is 59.8 Å². The third-order valence-electron chi connectivity index (χ3n) is 2.67. The molecule has 0 saturated carbocycles. The molecule has 3 heterocycles. The minimum atomic E-state index is 0.546. The number of nitrogens with one attached hydrogen (secondary N) is 1. The maximum absolute atomic E-state index is 5.22. The van der Waals surface area contributed by atoms with Gasteiger partial charge in [0.25, 0.3) is 0 Å². The van der Waals surface area contributed by atoms with Crippen molar-refractivity contribution in [3.8, 4) is 22.6 Å². The fourth-order valence-corrected chi connectivity index (χ4v) is 1.99. The monoisotopic (exact) mass is 266 g/mol. The minimum absolute atomic E-state index is 0.546. The van der Waals surface area contributed by atoms with Gasteiger partial charge in [0.1, 0.15) is 10.5 Å². The molecule has 1 N–H and O–H groups in total. The van der Waals surface area contributed by atoms with Crippen molar-refractivity contribution in [3.63, 3.8) is 0 Å². The number of aromatic nitrogens is 4. The molecule has 0 bridgehead atoms. The zero-order valence-electron chi connectivity index (χ0n) is 9.95. The number of pyridine rings is 2. The van der Waals surface area contributed by atoms with E-state index in [1.165, 1.54) is 0 Å². The molecule has 0 atom stereocenters. The van der Waals surface area contributed by atoms with E-state index in [0.29, 0.717) is 10.5 Å². The lowest BCUT2D eigenvalue weighted by Gasteiger charge is -2.05. The van der Waals surface area contributed by atoms with E-state index in [-0.39, 0.29) is 0 Å². The van der Waals surface area contributed by atoms with Gasteiger partial charge in [0.2, 0.25) is 0 Å². The molecule has 0 saturated heterocycles. The van der Waals surface area contributed by atoms with Gasteiger partial charge in [-0.15, -0.1) is 0 Å². The SMILES string of the molecule is S=c1cc(-c2ccncc2)[nH]c(-c2cccnc2)n1. The van der Waals surface area contributed by atoms with Gasteiger partial charge in [0.15, 0.2) is 0 Å². The third kappa shape index (κ3) is 2.56. The van der Waals surface area contributed by atoms with Crippen LogP contribution < -0.4 is 0 Å². The lowest BCUT2D eigenvalue weighted by atomic mass is 10.2. The van der Waals surface area contributed by atoms with Crippen LogP contribution in [0.3, 0.4) is 0 Å². The Hall–Kier alpha value is -2.40. The predicted molar refractivity (Wildman–Crippen MR) is 75.9 cm³/mol. The Morgan fingerprint density at radius 3 is 2.53 bits per heavy atom. The molecule has 0 aromatic carbocycles. The molecule has 0 amide bonds. The fraction of sp³-hybridized carbons (Fsp3) is 0. The Bertz CT molecular complexity index is 677. The van der Waals surface area contributed by atoms with E-state index in [1.54, 1.807) is 24.8 Å². The number of hydrogen-bond acceptors (Lipinski definition) is 4. The minimum Gasteiger partial charge on any atom is -0.339 e. The number of rotatable bonds is 2. The number of H-pyrrole nitrogens is 1. The van der Waals surface area contributed by atoms with E-state index in [0.717, 1.165) is 16.8 Å². The molecule has 3 rings (SSSR count). The number of nitrogens with zero attached hydrogens (tertiary/aromatic N) is 3. The molecule has 0 aliphatic heterocycles. The van der Waals surface area contributed by atoms with Crippen LogP contribution in [0.2, 0.25) is 0 Å². The smallest absolute Gasteiger partial charge is 0.140 e. The Morgan fingerprint density at radius 2 is 1.79 bits per heavy atom. The molecular weight excluding hydrogens is 256 g/mol. The van der Waals surface area contributed by atoms with Crippen LogP contribution in [0.25, 0.3) is 22.6 Å². The Labute approximate surface area is 115 Å². The predicted octanol–water partition coefficient (Wildman–Crippen LogP) is 3.26. The summed E-state index contributed by atoms with van der Waals surface area (Å²) in [6.45, 7) is 0. The van der Waals surface area contributed by atoms with Crippen molar-refractivity contribution in [2.45, 2.75) is 0 Å². The van der Waals surface area contributed by atoms with Crippen molar-refractivity contribution in [1.29, 1.82) is 0 Å². The average Bonchev–Trinajstić information content (AvgIpc) is 2.48. The highest BCUT2D eigenvalue weighted by molar-refractivity contribution is 7.71. The van der Waals surface area contributed by atoms with Gasteiger partial charge in [0.05, 0.1) is 5.69 Å². The fourth-order valence-electron chi connectivity index (χ4n) is 1.78. The first-order valence-corrected chi connectivity index (χ1v) is 6.16. The summed E-state index contributed by atoms with van der Waals surface area (Å²) in [5.41, 5.74) is 2.85. The van der Waals surface area contributed by atoms with Crippen molar-refractivity contribution >= 4 is 12.2 Å². The van der Waals surface area contributed by atoms with E-state index in [9.17, 15) is 0 Å². The third-order valence-corrected chi connectivity index (χ3v) is 2.88. The van der Waals surface area contributed by atoms with Crippen LogP contribution in [0.5, 0.6) is 0 Å². The van der Waals surface area contributed by atoms with Gasteiger partial charge in [-0.2, -0.15) is 0 Å². The summed E-state index contributed by atoms with van der Waals surface area (Å²) in [4.78, 5) is 15.7. The molecule has 0 fully saturated rings. The van der Waals surface area contributed by atoms with Gasteiger partial charge < -0.3 is 4.98 Å². The average molecular weight is 266 g/mol. The second-order valence-electron chi connectivity index (χ2n) is 3.96. The van der Waals surface area contributed by atoms with Crippen LogP contribution >= 0.6 is 12.2 Å². The molecule has 5 heteroatoms. The summed E-state index contributed by atoms with van der Waals surface area (Å²) in [7, 11) is 0. The quantitative estimate of drug-likeness (QED) is 0.723. The molecule has 0 radical (unpaired) electrons. The second-order valence-corrected chi connectivity index (χ2v) is 4.38. The molecule has 3 aromatic rings. The van der Waals surface area contributed by atoms with Crippen LogP contribution in [0.15, 0.2) is 55.1 Å². The number of aromatic amines is 1. The zero-order valence-corrected chi connectivity index (χ0v) is 10.8. The highest BCUT2D eigenvalue weighted by Crippen LogP contribution is 2.20. The van der Waals surface area contributed by atoms with Gasteiger partial charge in [-0.1, -0.05) is 12.2 Å². The van der Waals surface area contributed by atoms with Crippen molar-refractivity contribution in [1.82, 2.24) is 19.9 Å².